The van der Waals surface area contributed by atoms with Gasteiger partial charge in [0.1, 0.15) is 18.5 Å². The number of hydrogen-bond donors (Lipinski definition) is 0. The first-order chi connectivity index (χ1) is 11.9. The van der Waals surface area contributed by atoms with Crippen LogP contribution < -0.4 is 14.5 Å². The van der Waals surface area contributed by atoms with Crippen molar-refractivity contribution in [2.75, 3.05) is 29.5 Å². The third kappa shape index (κ3) is 3.24. The lowest BCUT2D eigenvalue weighted by atomic mass is 10.1. The largest absolute Gasteiger partial charge is 0.484 e. The molecule has 7 nitrogen and oxygen atoms in total. The van der Waals surface area contributed by atoms with E-state index in [1.54, 1.807) is 4.90 Å². The van der Waals surface area contributed by atoms with Crippen molar-refractivity contribution in [3.63, 3.8) is 0 Å². The Morgan fingerprint density at radius 2 is 1.88 bits per heavy atom. The van der Waals surface area contributed by atoms with E-state index in [-0.39, 0.29) is 12.1 Å². The number of aromatic nitrogens is 2. The zero-order chi connectivity index (χ0) is 17.6. The average molecular weight is 346 g/mol. The number of nitrogens with zero attached hydrogens (tertiary/aromatic N) is 4. The maximum atomic E-state index is 12.9. The fourth-order valence-electron chi connectivity index (χ4n) is 3.57. The number of fused-ring (bicyclic) bond motifs is 1. The predicted octanol–water partition coefficient (Wildman–Crippen LogP) is 2.99. The van der Waals surface area contributed by atoms with Gasteiger partial charge in [-0.2, -0.15) is 0 Å². The summed E-state index contributed by atoms with van der Waals surface area (Å²) in [6, 6.07) is -0.0105. The van der Waals surface area contributed by atoms with E-state index in [9.17, 15) is 4.79 Å². The molecular weight excluding hydrogens is 320 g/mol. The van der Waals surface area contributed by atoms with Gasteiger partial charge in [-0.05, 0) is 52.4 Å². The summed E-state index contributed by atoms with van der Waals surface area (Å²) in [5, 5.41) is 0. The molecule has 1 atom stereocenters. The molecule has 136 valence electrons. The summed E-state index contributed by atoms with van der Waals surface area (Å²) in [6.07, 6.45) is 5.72. The topological polar surface area (TPSA) is 67.8 Å². The molecule has 1 aromatic heterocycles. The quantitative estimate of drug-likeness (QED) is 0.820. The van der Waals surface area contributed by atoms with E-state index in [4.69, 9.17) is 9.47 Å². The molecule has 1 saturated heterocycles. The third-order valence-corrected chi connectivity index (χ3v) is 4.89. The van der Waals surface area contributed by atoms with Crippen LogP contribution in [0.25, 0.3) is 0 Å². The van der Waals surface area contributed by atoms with Gasteiger partial charge in [-0.3, -0.25) is 4.90 Å². The highest BCUT2D eigenvalue weighted by Crippen LogP contribution is 2.45. The summed E-state index contributed by atoms with van der Waals surface area (Å²) in [5.74, 6) is 2.43. The van der Waals surface area contributed by atoms with Crippen molar-refractivity contribution >= 4 is 17.7 Å². The van der Waals surface area contributed by atoms with Gasteiger partial charge < -0.3 is 14.4 Å². The predicted molar refractivity (Wildman–Crippen MR) is 94.2 cm³/mol. The smallest absolute Gasteiger partial charge is 0.416 e. The molecule has 0 N–H and O–H groups in total. The fraction of sp³-hybridized carbons (Fsp3) is 0.722. The molecule has 1 saturated carbocycles. The minimum atomic E-state index is -0.547. The highest BCUT2D eigenvalue weighted by molar-refractivity contribution is 5.91. The zero-order valence-corrected chi connectivity index (χ0v) is 15.2. The normalized spacial score (nSPS) is 23.2. The van der Waals surface area contributed by atoms with Gasteiger partial charge in [0.25, 0.3) is 0 Å². The van der Waals surface area contributed by atoms with Crippen LogP contribution in [-0.2, 0) is 4.74 Å². The summed E-state index contributed by atoms with van der Waals surface area (Å²) in [4.78, 5) is 25.7. The molecule has 0 radical (unpaired) electrons. The Bertz CT molecular complexity index is 663. The van der Waals surface area contributed by atoms with Crippen LogP contribution >= 0.6 is 0 Å². The number of amides is 1. The Kier molecular flexibility index (Phi) is 3.96. The number of hydrogen-bond acceptors (Lipinski definition) is 6. The van der Waals surface area contributed by atoms with Gasteiger partial charge in [0, 0.05) is 13.1 Å². The lowest BCUT2D eigenvalue weighted by Gasteiger charge is -2.37. The van der Waals surface area contributed by atoms with Crippen LogP contribution in [0.15, 0.2) is 6.33 Å². The van der Waals surface area contributed by atoms with E-state index < -0.39 is 5.60 Å². The highest BCUT2D eigenvalue weighted by Gasteiger charge is 2.45. The van der Waals surface area contributed by atoms with E-state index >= 15 is 0 Å². The van der Waals surface area contributed by atoms with Crippen LogP contribution in [0, 0.1) is 5.92 Å². The highest BCUT2D eigenvalue weighted by atomic mass is 16.6. The van der Waals surface area contributed by atoms with Crippen LogP contribution in [0.2, 0.25) is 0 Å². The van der Waals surface area contributed by atoms with Crippen molar-refractivity contribution in [1.29, 1.82) is 0 Å². The van der Waals surface area contributed by atoms with Crippen molar-refractivity contribution < 1.29 is 14.3 Å². The van der Waals surface area contributed by atoms with Crippen molar-refractivity contribution in [2.45, 2.75) is 58.1 Å². The van der Waals surface area contributed by atoms with Gasteiger partial charge in [-0.25, -0.2) is 14.8 Å². The average Bonchev–Trinajstić information content (AvgIpc) is 3.26. The van der Waals surface area contributed by atoms with Gasteiger partial charge in [-0.15, -0.1) is 0 Å². The van der Waals surface area contributed by atoms with E-state index in [0.29, 0.717) is 24.1 Å². The minimum Gasteiger partial charge on any atom is -0.484 e. The maximum Gasteiger partial charge on any atom is 0.416 e. The molecule has 7 heteroatoms. The first kappa shape index (κ1) is 16.4. The van der Waals surface area contributed by atoms with Gasteiger partial charge in [0.05, 0.1) is 6.04 Å². The molecule has 3 aliphatic rings. The Labute approximate surface area is 148 Å². The molecule has 1 aliphatic carbocycles. The second-order valence-electron chi connectivity index (χ2n) is 8.11. The van der Waals surface area contributed by atoms with Crippen LogP contribution in [-0.4, -0.2) is 47.4 Å². The SMILES string of the molecule is CC(C)(C)OC(=O)N1c2ncnc(N3CCCC3)c2OCC1C1CC1. The lowest BCUT2D eigenvalue weighted by Crippen LogP contribution is -2.50. The summed E-state index contributed by atoms with van der Waals surface area (Å²) < 4.78 is 11.7. The van der Waals surface area contributed by atoms with Crippen molar-refractivity contribution in [2.24, 2.45) is 5.92 Å². The molecule has 2 aliphatic heterocycles. The second-order valence-corrected chi connectivity index (χ2v) is 8.11. The molecule has 3 heterocycles. The molecule has 0 spiro atoms. The summed E-state index contributed by atoms with van der Waals surface area (Å²) >= 11 is 0. The third-order valence-electron chi connectivity index (χ3n) is 4.89. The molecule has 0 aromatic carbocycles. The van der Waals surface area contributed by atoms with E-state index in [1.807, 2.05) is 20.8 Å². The van der Waals surface area contributed by atoms with Crippen LogP contribution in [0.1, 0.15) is 46.5 Å². The minimum absolute atomic E-state index is 0.0105. The Balaban J connectivity index is 1.70. The lowest BCUT2D eigenvalue weighted by molar-refractivity contribution is 0.0534. The van der Waals surface area contributed by atoms with E-state index in [0.717, 1.165) is 44.6 Å². The number of anilines is 2. The second kappa shape index (κ2) is 6.04. The molecule has 0 bridgehead atoms. The van der Waals surface area contributed by atoms with Crippen LogP contribution in [0.4, 0.5) is 16.4 Å². The first-order valence-corrected chi connectivity index (χ1v) is 9.19. The number of ether oxygens (including phenoxy) is 2. The first-order valence-electron chi connectivity index (χ1n) is 9.19. The number of rotatable bonds is 2. The molecule has 2 fully saturated rings. The Morgan fingerprint density at radius 1 is 1.20 bits per heavy atom. The fourth-order valence-corrected chi connectivity index (χ4v) is 3.57. The zero-order valence-electron chi connectivity index (χ0n) is 15.2. The van der Waals surface area contributed by atoms with Crippen molar-refractivity contribution in [1.82, 2.24) is 9.97 Å². The molecular formula is C18H26N4O3. The molecule has 4 rings (SSSR count). The van der Waals surface area contributed by atoms with Gasteiger partial charge in [-0.1, -0.05) is 0 Å². The van der Waals surface area contributed by atoms with Crippen LogP contribution in [0.3, 0.4) is 0 Å². The van der Waals surface area contributed by atoms with E-state index in [2.05, 4.69) is 14.9 Å². The monoisotopic (exact) mass is 346 g/mol. The number of carbonyl (C=O) groups is 1. The van der Waals surface area contributed by atoms with Crippen LogP contribution in [0.5, 0.6) is 5.75 Å². The van der Waals surface area contributed by atoms with Gasteiger partial charge in [0.2, 0.25) is 5.75 Å². The van der Waals surface area contributed by atoms with Gasteiger partial charge in [0.15, 0.2) is 11.6 Å². The molecule has 1 aromatic rings. The van der Waals surface area contributed by atoms with Crippen molar-refractivity contribution in [3.8, 4) is 5.75 Å². The number of carbonyl (C=O) groups excluding carboxylic acids is 1. The summed E-state index contributed by atoms with van der Waals surface area (Å²) in [7, 11) is 0. The van der Waals surface area contributed by atoms with Crippen molar-refractivity contribution in [3.05, 3.63) is 6.33 Å². The summed E-state index contributed by atoms with van der Waals surface area (Å²) in [5.41, 5.74) is -0.547. The standard InChI is InChI=1S/C18H26N4O3/c1-18(2,3)25-17(23)22-13(12-6-7-12)10-24-14-15(19-11-20-16(14)22)21-8-4-5-9-21/h11-13H,4-10H2,1-3H3. The Hall–Kier alpha value is -2.05. The molecule has 1 unspecified atom stereocenters. The van der Waals surface area contributed by atoms with E-state index in [1.165, 1.54) is 6.33 Å². The summed E-state index contributed by atoms with van der Waals surface area (Å²) in [6.45, 7) is 8.05. The Morgan fingerprint density at radius 3 is 2.52 bits per heavy atom. The van der Waals surface area contributed by atoms with Gasteiger partial charge >= 0.3 is 6.09 Å². The molecule has 25 heavy (non-hydrogen) atoms. The molecule has 1 amide bonds. The maximum absolute atomic E-state index is 12.9.